The van der Waals surface area contributed by atoms with Crippen LogP contribution in [0.5, 0.6) is 17.2 Å². The number of unbranched alkanes of at least 4 members (excludes halogenated alkanes) is 2. The molecule has 39 nitrogen and oxygen atoms in total. The van der Waals surface area contributed by atoms with Crippen molar-refractivity contribution >= 4 is 121 Å². The van der Waals surface area contributed by atoms with Crippen LogP contribution < -0.4 is 98.0 Å². The van der Waals surface area contributed by atoms with Gasteiger partial charge in [-0.2, -0.15) is 0 Å². The number of carbonyl (C=O) groups is 12. The van der Waals surface area contributed by atoms with E-state index in [0.29, 0.717) is 33.4 Å². The lowest BCUT2D eigenvalue weighted by Gasteiger charge is -2.28. The molecule has 0 unspecified atom stereocenters. The van der Waals surface area contributed by atoms with Crippen molar-refractivity contribution in [3.05, 3.63) is 209 Å². The number of carbonyl (C=O) groups excluding carboxylic acids is 11. The van der Waals surface area contributed by atoms with Crippen molar-refractivity contribution in [3.8, 4) is 17.2 Å². The molecule has 0 aliphatic rings. The quantitative estimate of drug-likeness (QED) is 0.0124. The summed E-state index contributed by atoms with van der Waals surface area (Å²) in [5, 5.41) is 154. The fraction of sp³-hybridized carbons (Fsp3) is 0.341. The topological polar surface area (TPSA) is 692 Å². The summed E-state index contributed by atoms with van der Waals surface area (Å²) in [6.45, 7) is -1.32. The van der Waals surface area contributed by atoms with Gasteiger partial charge in [0, 0.05) is 38.6 Å². The highest BCUT2D eigenvalue weighted by Crippen LogP contribution is 2.18. The highest BCUT2D eigenvalue weighted by molar-refractivity contribution is 6.59. The Bertz CT molecular complexity index is 4750. The van der Waals surface area contributed by atoms with Gasteiger partial charge in [0.25, 0.3) is 0 Å². The number of amides is 11. The highest BCUT2D eigenvalue weighted by atomic mass is 16.4. The van der Waals surface area contributed by atoms with Gasteiger partial charge in [0.05, 0.1) is 25.1 Å². The van der Waals surface area contributed by atoms with Crippen molar-refractivity contribution < 1.29 is 123 Å². The Morgan fingerprint density at radius 1 is 0.296 bits per heavy atom. The van der Waals surface area contributed by atoms with Crippen LogP contribution in [0.25, 0.3) is 0 Å². The molecule has 0 bridgehead atoms. The Kier molecular flexibility index (Phi) is 39.5. The fourth-order valence-electron chi connectivity index (χ4n) is 13.0. The highest BCUT2D eigenvalue weighted by Gasteiger charge is 2.37. The first kappa shape index (κ1) is 99.5. The van der Waals surface area contributed by atoms with E-state index in [4.69, 9.17) is 22.9 Å². The molecule has 31 N–H and O–H groups in total. The average molecular weight is 1730 g/mol. The minimum Gasteiger partial charge on any atom is -0.508 e. The number of rotatable bonds is 50. The lowest BCUT2D eigenvalue weighted by Crippen LogP contribution is -2.61. The SMILES string of the molecule is NCCCC[C@H](NC(=O)[C@H](CC(N)=O)NC(=O)[C@H](CCCCNC(=O)[C@H](Cc1ccc(B(O)O)cc1)NC(=O)[C@H](Cc1ccc(O)cc1)NC(=O)[C@@H](N)Cc1ccc(B(O)O)cc1)NC(=O)[C@H](Cc1ccc(B(O)O)cc1)NC(=O)[C@H](Cc1ccc(O)cc1)NC(=O)[C@@H](N)Cc1ccc(B(O)O)cc1)C(=O)N[C@@H](CO)C(=O)N[C@@H](Cc1ccc(O)cc1)C(=O)O. The second-order valence-electron chi connectivity index (χ2n) is 29.9. The predicted octanol–water partition coefficient (Wildman–Crippen LogP) is -9.09. The number of nitrogens with one attached hydrogen (secondary N) is 10. The molecule has 0 radical (unpaired) electrons. The van der Waals surface area contributed by atoms with Gasteiger partial charge in [-0.05, 0) is 155 Å². The van der Waals surface area contributed by atoms with Crippen LogP contribution in [0.3, 0.4) is 0 Å². The summed E-state index contributed by atoms with van der Waals surface area (Å²) in [5.41, 5.74) is 27.4. The molecule has 43 heteroatoms. The number of hydrogen-bond acceptors (Lipinski definition) is 27. The first-order valence-corrected chi connectivity index (χ1v) is 39.9. The normalized spacial score (nSPS) is 13.7. The number of phenols is 3. The number of hydrogen-bond donors (Lipinski definition) is 27. The standard InChI is InChI=1S/C82H104B4N14O25/c87-35-3-1-5-62(76(110)100-70(45-101)81(115)99-69(82(116)117)43-52-19-33-59(104)34-20-52)93-80(114)68(44-71(90)105)98-75(109)63(92-77(111)67(40-49-13-27-56(28-14-49)86(124)125)97-79(113)66(42-51-17-31-58(103)32-18-51)95-73(107)61(89)38-47-9-23-54(24-10-47)84(120)121)6-2-4-36-91-74(108)64(39-48-11-25-55(26-12-48)85(122)123)96-78(112)65(41-50-15-29-57(102)30-16-50)94-72(106)60(88)37-46-7-21-53(22-8-46)83(118)119/h7-34,60-70,101-104,118-125H,1-6,35-45,87-89H2,(H2,90,105)(H,91,108)(H,92,111)(H,93,114)(H,94,106)(H,95,107)(H,96,112)(H,97,113)(H,98,109)(H,99,115)(H,100,110)(H,116,117)/t60-,61-,62-,63-,64-,65-,66-,67-,68-,69-,70-/m0/s1. The molecule has 11 atom stereocenters. The van der Waals surface area contributed by atoms with Crippen LogP contribution in [0.1, 0.15) is 83.9 Å². The predicted molar refractivity (Wildman–Crippen MR) is 457 cm³/mol. The van der Waals surface area contributed by atoms with Gasteiger partial charge in [0.1, 0.15) is 71.6 Å². The van der Waals surface area contributed by atoms with Crippen LogP contribution in [0.2, 0.25) is 0 Å². The molecule has 11 amide bonds. The third kappa shape index (κ3) is 33.2. The number of aliphatic carboxylic acids is 1. The molecule has 0 aliphatic heterocycles. The smallest absolute Gasteiger partial charge is 0.488 e. The van der Waals surface area contributed by atoms with E-state index in [0.717, 1.165) is 0 Å². The Labute approximate surface area is 719 Å². The minimum atomic E-state index is -2.02. The van der Waals surface area contributed by atoms with Crippen LogP contribution in [0.4, 0.5) is 0 Å². The van der Waals surface area contributed by atoms with Crippen molar-refractivity contribution in [2.45, 2.75) is 156 Å². The van der Waals surface area contributed by atoms with E-state index in [9.17, 15) is 109 Å². The van der Waals surface area contributed by atoms with Gasteiger partial charge in [0.2, 0.25) is 65.0 Å². The average Bonchev–Trinajstić information content (AvgIpc) is 0.858. The van der Waals surface area contributed by atoms with Gasteiger partial charge in [-0.3, -0.25) is 52.7 Å². The van der Waals surface area contributed by atoms with Crippen LogP contribution in [-0.2, 0) is 102 Å². The number of aliphatic hydroxyl groups is 1. The number of carboxylic acid groups (broad SMARTS) is 1. The molecule has 0 aromatic heterocycles. The molecule has 0 aliphatic carbocycles. The van der Waals surface area contributed by atoms with Crippen molar-refractivity contribution in [1.82, 2.24) is 53.2 Å². The van der Waals surface area contributed by atoms with Crippen LogP contribution >= 0.6 is 0 Å². The largest absolute Gasteiger partial charge is 0.508 e. The van der Waals surface area contributed by atoms with Crippen LogP contribution in [0, 0.1) is 0 Å². The van der Waals surface area contributed by atoms with Crippen LogP contribution in [0.15, 0.2) is 170 Å². The number of benzene rings is 7. The van der Waals surface area contributed by atoms with Gasteiger partial charge < -0.3 is 142 Å². The Balaban J connectivity index is 1.20. The fourth-order valence-corrected chi connectivity index (χ4v) is 13.0. The zero-order chi connectivity index (χ0) is 91.6. The summed E-state index contributed by atoms with van der Waals surface area (Å²) >= 11 is 0. The van der Waals surface area contributed by atoms with Gasteiger partial charge in [-0.1, -0.05) is 133 Å². The number of aliphatic hydroxyl groups excluding tert-OH is 1. The molecule has 664 valence electrons. The molecule has 7 aromatic rings. The third-order valence-electron chi connectivity index (χ3n) is 20.1. The lowest BCUT2D eigenvalue weighted by atomic mass is 9.80. The van der Waals surface area contributed by atoms with Crippen molar-refractivity contribution in [1.29, 1.82) is 0 Å². The molecule has 7 rings (SSSR count). The lowest BCUT2D eigenvalue weighted by molar-refractivity contribution is -0.142. The molecular weight excluding hydrogens is 1620 g/mol. The number of nitrogens with two attached hydrogens (primary N) is 4. The monoisotopic (exact) mass is 1730 g/mol. The van der Waals surface area contributed by atoms with E-state index in [2.05, 4.69) is 53.2 Å². The van der Waals surface area contributed by atoms with Gasteiger partial charge in [-0.15, -0.1) is 0 Å². The maximum absolute atomic E-state index is 15.4. The Morgan fingerprint density at radius 3 is 0.840 bits per heavy atom. The summed E-state index contributed by atoms with van der Waals surface area (Å²) in [6.07, 6.45) is -3.43. The summed E-state index contributed by atoms with van der Waals surface area (Å²) in [5.74, 6) is -13.6. The zero-order valence-electron chi connectivity index (χ0n) is 67.9. The van der Waals surface area contributed by atoms with Gasteiger partial charge >= 0.3 is 34.4 Å². The van der Waals surface area contributed by atoms with Crippen molar-refractivity contribution in [2.24, 2.45) is 22.9 Å². The van der Waals surface area contributed by atoms with E-state index < -0.39 is 192 Å². The summed E-state index contributed by atoms with van der Waals surface area (Å²) in [6, 6.07) is 21.1. The molecule has 7 aromatic carbocycles. The molecular formula is C82H104B4N14O25. The second kappa shape index (κ2) is 49.6. The summed E-state index contributed by atoms with van der Waals surface area (Å²) < 4.78 is 0. The molecule has 125 heavy (non-hydrogen) atoms. The van der Waals surface area contributed by atoms with E-state index in [1.165, 1.54) is 170 Å². The molecule has 0 heterocycles. The second-order valence-corrected chi connectivity index (χ2v) is 29.9. The number of phenolic OH excluding ortho intramolecular Hbond substituents is 3. The van der Waals surface area contributed by atoms with E-state index >= 15 is 14.4 Å². The Morgan fingerprint density at radius 2 is 0.536 bits per heavy atom. The summed E-state index contributed by atoms with van der Waals surface area (Å²) in [4.78, 5) is 171. The number of aromatic hydroxyl groups is 3. The number of carboxylic acids is 1. The molecule has 0 spiro atoms. The molecule has 0 fully saturated rings. The van der Waals surface area contributed by atoms with E-state index in [1.807, 2.05) is 0 Å². The van der Waals surface area contributed by atoms with Crippen molar-refractivity contribution in [2.75, 3.05) is 19.7 Å². The van der Waals surface area contributed by atoms with Crippen LogP contribution in [-0.4, -0.2) is 251 Å². The van der Waals surface area contributed by atoms with E-state index in [-0.39, 0.29) is 128 Å². The van der Waals surface area contributed by atoms with Crippen molar-refractivity contribution in [3.63, 3.8) is 0 Å². The molecule has 0 saturated carbocycles. The minimum absolute atomic E-state index is 0.00232. The first-order valence-electron chi connectivity index (χ1n) is 39.9. The van der Waals surface area contributed by atoms with Gasteiger partial charge in [0.15, 0.2) is 0 Å². The zero-order valence-corrected chi connectivity index (χ0v) is 67.9. The summed E-state index contributed by atoms with van der Waals surface area (Å²) in [7, 11) is -7.43. The first-order chi connectivity index (χ1) is 59.4. The molecule has 0 saturated heterocycles. The maximum Gasteiger partial charge on any atom is 0.488 e. The number of primary amides is 1. The third-order valence-corrected chi connectivity index (χ3v) is 20.1. The van der Waals surface area contributed by atoms with E-state index in [1.54, 1.807) is 0 Å². The maximum atomic E-state index is 15.4. The van der Waals surface area contributed by atoms with Gasteiger partial charge in [-0.25, -0.2) is 4.79 Å². The Hall–Kier alpha value is -12.6.